The lowest BCUT2D eigenvalue weighted by atomic mass is 9.82. The minimum atomic E-state index is 0.151. The number of nitrogens with zero attached hydrogens (tertiary/aromatic N) is 2. The van der Waals surface area contributed by atoms with E-state index in [2.05, 4.69) is 9.98 Å². The Kier molecular flexibility index (Phi) is 4.19. The second-order valence-corrected chi connectivity index (χ2v) is 4.52. The Balaban J connectivity index is 2.01. The number of isocyanates is 2. The Morgan fingerprint density at radius 3 is 2.17 bits per heavy atom. The van der Waals surface area contributed by atoms with E-state index in [1.165, 1.54) is 11.6 Å². The quantitative estimate of drug-likeness (QED) is 0.604. The molecule has 4 heteroatoms. The number of benzene rings is 1. The van der Waals surface area contributed by atoms with Gasteiger partial charge in [0.2, 0.25) is 12.2 Å². The van der Waals surface area contributed by atoms with Gasteiger partial charge in [-0.25, -0.2) is 14.6 Å². The standard InChI is InChI=1S/C14H14N2O2/c17-9-15-13-5-1-11(2-6-13)12-3-7-14(8-4-12)16-10-18/h1-2,5-6,12,14H,3-4,7-8H2. The van der Waals surface area contributed by atoms with Crippen LogP contribution in [0.25, 0.3) is 0 Å². The van der Waals surface area contributed by atoms with Gasteiger partial charge in [-0.15, -0.1) is 0 Å². The normalized spacial score (nSPS) is 22.7. The zero-order chi connectivity index (χ0) is 12.8. The first-order valence-corrected chi connectivity index (χ1v) is 6.08. The van der Waals surface area contributed by atoms with E-state index in [1.807, 2.05) is 24.3 Å². The Hall–Kier alpha value is -2.02. The maximum atomic E-state index is 10.2. The molecule has 1 aliphatic rings. The number of hydrogen-bond acceptors (Lipinski definition) is 4. The van der Waals surface area contributed by atoms with E-state index in [1.54, 1.807) is 6.08 Å². The maximum absolute atomic E-state index is 10.2. The van der Waals surface area contributed by atoms with Crippen molar-refractivity contribution in [1.29, 1.82) is 0 Å². The van der Waals surface area contributed by atoms with E-state index in [4.69, 9.17) is 0 Å². The van der Waals surface area contributed by atoms with Crippen molar-refractivity contribution in [3.05, 3.63) is 29.8 Å². The first kappa shape index (κ1) is 12.4. The predicted octanol–water partition coefficient (Wildman–Crippen LogP) is 3.02. The Labute approximate surface area is 105 Å². The summed E-state index contributed by atoms with van der Waals surface area (Å²) in [6.07, 6.45) is 7.11. The highest BCUT2D eigenvalue weighted by molar-refractivity contribution is 5.49. The van der Waals surface area contributed by atoms with Gasteiger partial charge in [0.15, 0.2) is 0 Å². The third-order valence-electron chi connectivity index (χ3n) is 3.47. The molecule has 2 rings (SSSR count). The first-order chi connectivity index (χ1) is 8.83. The molecule has 0 amide bonds. The molecule has 1 aliphatic carbocycles. The summed E-state index contributed by atoms with van der Waals surface area (Å²) in [6, 6.07) is 7.82. The molecule has 0 heterocycles. The van der Waals surface area contributed by atoms with Crippen LogP contribution in [0, 0.1) is 0 Å². The van der Waals surface area contributed by atoms with Crippen molar-refractivity contribution >= 4 is 17.8 Å². The molecular formula is C14H14N2O2. The van der Waals surface area contributed by atoms with Crippen LogP contribution in [-0.4, -0.2) is 18.2 Å². The highest BCUT2D eigenvalue weighted by Crippen LogP contribution is 2.34. The van der Waals surface area contributed by atoms with Crippen LogP contribution < -0.4 is 0 Å². The maximum Gasteiger partial charge on any atom is 0.240 e. The summed E-state index contributed by atoms with van der Waals surface area (Å²) in [6.45, 7) is 0. The summed E-state index contributed by atoms with van der Waals surface area (Å²) in [5.41, 5.74) is 1.89. The molecule has 0 atom stereocenters. The van der Waals surface area contributed by atoms with Gasteiger partial charge < -0.3 is 0 Å². The Morgan fingerprint density at radius 2 is 1.61 bits per heavy atom. The fourth-order valence-electron chi connectivity index (χ4n) is 2.49. The van der Waals surface area contributed by atoms with Gasteiger partial charge >= 0.3 is 0 Å². The Morgan fingerprint density at radius 1 is 0.944 bits per heavy atom. The molecule has 4 nitrogen and oxygen atoms in total. The van der Waals surface area contributed by atoms with Crippen molar-refractivity contribution in [3.63, 3.8) is 0 Å². The summed E-state index contributed by atoms with van der Waals surface area (Å²) in [7, 11) is 0. The zero-order valence-corrected chi connectivity index (χ0v) is 10.0. The van der Waals surface area contributed by atoms with E-state index in [0.29, 0.717) is 11.6 Å². The van der Waals surface area contributed by atoms with Crippen LogP contribution in [-0.2, 0) is 9.59 Å². The van der Waals surface area contributed by atoms with Crippen molar-refractivity contribution in [2.24, 2.45) is 9.98 Å². The Bertz CT molecular complexity index is 489. The summed E-state index contributed by atoms with van der Waals surface area (Å²) in [5.74, 6) is 0.511. The van der Waals surface area contributed by atoms with Crippen molar-refractivity contribution in [3.8, 4) is 0 Å². The second-order valence-electron chi connectivity index (χ2n) is 4.52. The molecule has 0 aromatic heterocycles. The fourth-order valence-corrected chi connectivity index (χ4v) is 2.49. The third-order valence-corrected chi connectivity index (χ3v) is 3.47. The number of hydrogen-bond donors (Lipinski definition) is 0. The van der Waals surface area contributed by atoms with Gasteiger partial charge in [-0.2, -0.15) is 4.99 Å². The van der Waals surface area contributed by atoms with Crippen LogP contribution in [0.5, 0.6) is 0 Å². The van der Waals surface area contributed by atoms with Gasteiger partial charge in [-0.05, 0) is 49.3 Å². The molecule has 1 aromatic rings. The van der Waals surface area contributed by atoms with E-state index < -0.39 is 0 Å². The van der Waals surface area contributed by atoms with Gasteiger partial charge in [0.25, 0.3) is 0 Å². The molecule has 0 radical (unpaired) electrons. The smallest absolute Gasteiger partial charge is 0.211 e. The monoisotopic (exact) mass is 242 g/mol. The summed E-state index contributed by atoms with van der Waals surface area (Å²) in [4.78, 5) is 27.7. The molecule has 0 aliphatic heterocycles. The molecule has 1 fully saturated rings. The van der Waals surface area contributed by atoms with Crippen molar-refractivity contribution in [2.75, 3.05) is 0 Å². The highest BCUT2D eigenvalue weighted by atomic mass is 16.1. The topological polar surface area (TPSA) is 58.9 Å². The summed E-state index contributed by atoms with van der Waals surface area (Å²) < 4.78 is 0. The van der Waals surface area contributed by atoms with Gasteiger partial charge in [0, 0.05) is 0 Å². The molecule has 0 saturated heterocycles. The van der Waals surface area contributed by atoms with Crippen molar-refractivity contribution in [1.82, 2.24) is 0 Å². The lowest BCUT2D eigenvalue weighted by Gasteiger charge is -2.25. The van der Waals surface area contributed by atoms with Crippen LogP contribution in [0.4, 0.5) is 5.69 Å². The fraction of sp³-hybridized carbons (Fsp3) is 0.429. The van der Waals surface area contributed by atoms with Gasteiger partial charge in [-0.3, -0.25) is 0 Å². The average molecular weight is 242 g/mol. The lowest BCUT2D eigenvalue weighted by molar-refractivity contribution is 0.395. The SMILES string of the molecule is O=C=Nc1ccc(C2CCC(N=C=O)CC2)cc1. The largest absolute Gasteiger partial charge is 0.240 e. The van der Waals surface area contributed by atoms with Crippen molar-refractivity contribution < 1.29 is 9.59 Å². The zero-order valence-electron chi connectivity index (χ0n) is 10.0. The molecule has 92 valence electrons. The number of aliphatic imine (C=N–C) groups is 2. The molecule has 0 unspecified atom stereocenters. The molecule has 0 spiro atoms. The van der Waals surface area contributed by atoms with Gasteiger partial charge in [0.1, 0.15) is 0 Å². The first-order valence-electron chi connectivity index (χ1n) is 6.08. The molecule has 0 N–H and O–H groups in total. The molecule has 18 heavy (non-hydrogen) atoms. The number of rotatable bonds is 3. The predicted molar refractivity (Wildman–Crippen MR) is 67.3 cm³/mol. The molecule has 1 saturated carbocycles. The van der Waals surface area contributed by atoms with Gasteiger partial charge in [0.05, 0.1) is 11.7 Å². The lowest BCUT2D eigenvalue weighted by Crippen LogP contribution is -2.15. The molecule has 1 aromatic carbocycles. The number of carbonyl (C=O) groups excluding carboxylic acids is 2. The van der Waals surface area contributed by atoms with Crippen molar-refractivity contribution in [2.45, 2.75) is 37.6 Å². The van der Waals surface area contributed by atoms with E-state index in [-0.39, 0.29) is 6.04 Å². The molecular weight excluding hydrogens is 228 g/mol. The van der Waals surface area contributed by atoms with E-state index in [0.717, 1.165) is 25.7 Å². The molecule has 0 bridgehead atoms. The van der Waals surface area contributed by atoms with Crippen LogP contribution in [0.1, 0.15) is 37.2 Å². The van der Waals surface area contributed by atoms with Crippen LogP contribution in [0.2, 0.25) is 0 Å². The van der Waals surface area contributed by atoms with Crippen LogP contribution in [0.3, 0.4) is 0 Å². The average Bonchev–Trinajstić information content (AvgIpc) is 2.41. The van der Waals surface area contributed by atoms with E-state index >= 15 is 0 Å². The summed E-state index contributed by atoms with van der Waals surface area (Å²) in [5, 5.41) is 0. The van der Waals surface area contributed by atoms with E-state index in [9.17, 15) is 9.59 Å². The third kappa shape index (κ3) is 3.01. The highest BCUT2D eigenvalue weighted by Gasteiger charge is 2.21. The van der Waals surface area contributed by atoms with Crippen LogP contribution in [0.15, 0.2) is 34.3 Å². The van der Waals surface area contributed by atoms with Crippen LogP contribution >= 0.6 is 0 Å². The summed E-state index contributed by atoms with van der Waals surface area (Å²) >= 11 is 0. The minimum Gasteiger partial charge on any atom is -0.211 e. The second kappa shape index (κ2) is 6.06. The minimum absolute atomic E-state index is 0.151. The van der Waals surface area contributed by atoms with Gasteiger partial charge in [-0.1, -0.05) is 12.1 Å².